The third kappa shape index (κ3) is 3.55. The Labute approximate surface area is 171 Å². The second-order valence-electron chi connectivity index (χ2n) is 6.69. The normalized spacial score (nSPS) is 15.8. The minimum absolute atomic E-state index is 0.0239. The topological polar surface area (TPSA) is 128 Å². The van der Waals surface area contributed by atoms with E-state index in [-0.39, 0.29) is 11.3 Å². The third-order valence-electron chi connectivity index (χ3n) is 4.63. The largest absolute Gasteiger partial charge is 0.478 e. The molecule has 0 saturated carbocycles. The van der Waals surface area contributed by atoms with Crippen LogP contribution in [0.5, 0.6) is 0 Å². The van der Waals surface area contributed by atoms with Gasteiger partial charge in [-0.1, -0.05) is 18.2 Å². The number of nitrogens with one attached hydrogen (secondary N) is 2. The van der Waals surface area contributed by atoms with Gasteiger partial charge in [0.15, 0.2) is 5.92 Å². The van der Waals surface area contributed by atoms with Crippen LogP contribution in [-0.4, -0.2) is 38.6 Å². The maximum atomic E-state index is 12.9. The van der Waals surface area contributed by atoms with Crippen molar-refractivity contribution in [3.8, 4) is 11.4 Å². The Morgan fingerprint density at radius 3 is 2.70 bits per heavy atom. The minimum atomic E-state index is -1.12. The SMILES string of the molecule is CC1=NN(c2cccc(C(=O)O)c2)C(=O)C1C(=O)Nc1cccc(-c2ncc[nH]2)c1. The Kier molecular flexibility index (Phi) is 4.85. The molecular formula is C21H17N5O4. The second kappa shape index (κ2) is 7.63. The number of aromatic carboxylic acids is 1. The molecule has 1 aromatic heterocycles. The van der Waals surface area contributed by atoms with Crippen LogP contribution in [0, 0.1) is 5.92 Å². The number of imidazole rings is 1. The van der Waals surface area contributed by atoms with Crippen LogP contribution in [-0.2, 0) is 9.59 Å². The van der Waals surface area contributed by atoms with E-state index in [1.807, 2.05) is 6.07 Å². The lowest BCUT2D eigenvalue weighted by Gasteiger charge is -2.15. The quantitative estimate of drug-likeness (QED) is 0.565. The van der Waals surface area contributed by atoms with Gasteiger partial charge >= 0.3 is 5.97 Å². The summed E-state index contributed by atoms with van der Waals surface area (Å²) in [4.78, 5) is 44.1. The van der Waals surface area contributed by atoms with E-state index in [1.165, 1.54) is 18.2 Å². The van der Waals surface area contributed by atoms with E-state index in [4.69, 9.17) is 5.11 Å². The highest BCUT2D eigenvalue weighted by molar-refractivity contribution is 6.28. The molecule has 2 heterocycles. The monoisotopic (exact) mass is 403 g/mol. The number of rotatable bonds is 5. The molecule has 9 nitrogen and oxygen atoms in total. The highest BCUT2D eigenvalue weighted by atomic mass is 16.4. The number of anilines is 2. The van der Waals surface area contributed by atoms with Crippen LogP contribution in [0.3, 0.4) is 0 Å². The Balaban J connectivity index is 1.54. The summed E-state index contributed by atoms with van der Waals surface area (Å²) in [7, 11) is 0. The molecule has 2 amide bonds. The molecule has 2 aromatic carbocycles. The fourth-order valence-corrected chi connectivity index (χ4v) is 3.21. The minimum Gasteiger partial charge on any atom is -0.478 e. The van der Waals surface area contributed by atoms with Crippen molar-refractivity contribution < 1.29 is 19.5 Å². The van der Waals surface area contributed by atoms with Crippen LogP contribution in [0.4, 0.5) is 11.4 Å². The van der Waals surface area contributed by atoms with Gasteiger partial charge in [-0.25, -0.2) is 9.78 Å². The molecule has 0 saturated heterocycles. The number of carbonyl (C=O) groups excluding carboxylic acids is 2. The van der Waals surface area contributed by atoms with Crippen molar-refractivity contribution in [3.63, 3.8) is 0 Å². The number of carbonyl (C=O) groups is 3. The zero-order valence-corrected chi connectivity index (χ0v) is 15.9. The first-order chi connectivity index (χ1) is 14.4. The van der Waals surface area contributed by atoms with E-state index in [1.54, 1.807) is 43.6 Å². The van der Waals surface area contributed by atoms with Crippen molar-refractivity contribution in [3.05, 3.63) is 66.5 Å². The lowest BCUT2D eigenvalue weighted by molar-refractivity contribution is -0.127. The molecule has 0 spiro atoms. The van der Waals surface area contributed by atoms with Gasteiger partial charge in [0.1, 0.15) is 5.82 Å². The number of amides is 2. The van der Waals surface area contributed by atoms with Gasteiger partial charge in [-0.2, -0.15) is 10.1 Å². The molecule has 1 unspecified atom stereocenters. The van der Waals surface area contributed by atoms with Crippen molar-refractivity contribution in [2.24, 2.45) is 11.0 Å². The van der Waals surface area contributed by atoms with Gasteiger partial charge in [0.2, 0.25) is 5.91 Å². The van der Waals surface area contributed by atoms with Crippen molar-refractivity contribution in [1.29, 1.82) is 0 Å². The molecule has 0 aliphatic carbocycles. The number of carboxylic acid groups (broad SMARTS) is 1. The molecule has 9 heteroatoms. The number of hydrogen-bond acceptors (Lipinski definition) is 5. The molecule has 150 valence electrons. The molecule has 30 heavy (non-hydrogen) atoms. The number of H-pyrrole nitrogens is 1. The summed E-state index contributed by atoms with van der Waals surface area (Å²) in [5.74, 6) is -2.63. The van der Waals surface area contributed by atoms with E-state index in [0.29, 0.717) is 17.2 Å². The van der Waals surface area contributed by atoms with Crippen molar-refractivity contribution in [1.82, 2.24) is 9.97 Å². The molecule has 3 N–H and O–H groups in total. The predicted molar refractivity (Wildman–Crippen MR) is 110 cm³/mol. The van der Waals surface area contributed by atoms with Crippen molar-refractivity contribution in [2.45, 2.75) is 6.92 Å². The Bertz CT molecular complexity index is 1170. The average Bonchev–Trinajstić information content (AvgIpc) is 3.36. The third-order valence-corrected chi connectivity index (χ3v) is 4.63. The molecular weight excluding hydrogens is 386 g/mol. The van der Waals surface area contributed by atoms with Gasteiger partial charge in [0.25, 0.3) is 5.91 Å². The van der Waals surface area contributed by atoms with E-state index in [9.17, 15) is 14.4 Å². The first-order valence-corrected chi connectivity index (χ1v) is 9.07. The fourth-order valence-electron chi connectivity index (χ4n) is 3.21. The molecule has 0 fully saturated rings. The summed E-state index contributed by atoms with van der Waals surface area (Å²) >= 11 is 0. The van der Waals surface area contributed by atoms with Crippen LogP contribution >= 0.6 is 0 Å². The number of nitrogens with zero attached hydrogens (tertiary/aromatic N) is 3. The summed E-state index contributed by atoms with van der Waals surface area (Å²) in [5.41, 5.74) is 1.93. The van der Waals surface area contributed by atoms with Gasteiger partial charge in [0.05, 0.1) is 17.0 Å². The molecule has 1 aliphatic heterocycles. The molecule has 4 rings (SSSR count). The number of hydrazone groups is 1. The zero-order valence-electron chi connectivity index (χ0n) is 15.9. The molecule has 1 aliphatic rings. The number of benzene rings is 2. The Hall–Kier alpha value is -4.27. The molecule has 0 radical (unpaired) electrons. The summed E-state index contributed by atoms with van der Waals surface area (Å²) < 4.78 is 0. The standard InChI is InChI=1S/C21H17N5O4/c1-12-17(20(28)26(25-12)16-7-3-5-14(11-16)21(29)30)19(27)24-15-6-2-4-13(10-15)18-22-8-9-23-18/h2-11,17H,1H3,(H,22,23)(H,24,27)(H,29,30). The van der Waals surface area contributed by atoms with E-state index in [2.05, 4.69) is 20.4 Å². The number of aromatic nitrogens is 2. The summed E-state index contributed by atoms with van der Waals surface area (Å²) in [6.45, 7) is 1.59. The zero-order chi connectivity index (χ0) is 21.3. The highest BCUT2D eigenvalue weighted by Gasteiger charge is 2.40. The van der Waals surface area contributed by atoms with Crippen LogP contribution in [0.1, 0.15) is 17.3 Å². The van der Waals surface area contributed by atoms with E-state index in [0.717, 1.165) is 10.6 Å². The van der Waals surface area contributed by atoms with E-state index < -0.39 is 23.7 Å². The van der Waals surface area contributed by atoms with Crippen LogP contribution in [0.25, 0.3) is 11.4 Å². The summed E-state index contributed by atoms with van der Waals surface area (Å²) in [5, 5.41) is 17.1. The van der Waals surface area contributed by atoms with Crippen molar-refractivity contribution >= 4 is 34.9 Å². The predicted octanol–water partition coefficient (Wildman–Crippen LogP) is 2.75. The van der Waals surface area contributed by atoms with Gasteiger partial charge < -0.3 is 15.4 Å². The first kappa shape index (κ1) is 19.1. The van der Waals surface area contributed by atoms with Gasteiger partial charge in [-0.3, -0.25) is 9.59 Å². The smallest absolute Gasteiger partial charge is 0.335 e. The molecule has 3 aromatic rings. The van der Waals surface area contributed by atoms with Crippen LogP contribution in [0.15, 0.2) is 66.0 Å². The number of hydrogen-bond donors (Lipinski definition) is 3. The van der Waals surface area contributed by atoms with Gasteiger partial charge in [-0.05, 0) is 37.3 Å². The van der Waals surface area contributed by atoms with Gasteiger partial charge in [-0.15, -0.1) is 0 Å². The number of carboxylic acids is 1. The van der Waals surface area contributed by atoms with Gasteiger partial charge in [0, 0.05) is 23.6 Å². The van der Waals surface area contributed by atoms with Crippen LogP contribution in [0.2, 0.25) is 0 Å². The average molecular weight is 403 g/mol. The van der Waals surface area contributed by atoms with Crippen molar-refractivity contribution in [2.75, 3.05) is 10.3 Å². The maximum Gasteiger partial charge on any atom is 0.335 e. The lowest BCUT2D eigenvalue weighted by Crippen LogP contribution is -2.36. The maximum absolute atomic E-state index is 12.9. The number of aromatic amines is 1. The molecule has 1 atom stereocenters. The fraction of sp³-hybridized carbons (Fsp3) is 0.0952. The summed E-state index contributed by atoms with van der Waals surface area (Å²) in [6.07, 6.45) is 3.33. The Morgan fingerprint density at radius 1 is 1.17 bits per heavy atom. The Morgan fingerprint density at radius 2 is 1.97 bits per heavy atom. The molecule has 0 bridgehead atoms. The first-order valence-electron chi connectivity index (χ1n) is 9.07. The lowest BCUT2D eigenvalue weighted by atomic mass is 10.0. The van der Waals surface area contributed by atoms with E-state index >= 15 is 0 Å². The highest BCUT2D eigenvalue weighted by Crippen LogP contribution is 2.26. The second-order valence-corrected chi connectivity index (χ2v) is 6.69. The van der Waals surface area contributed by atoms with Crippen LogP contribution < -0.4 is 10.3 Å². The summed E-state index contributed by atoms with van der Waals surface area (Å²) in [6, 6.07) is 12.9.